The molecule has 3 rings (SSSR count). The second-order valence-electron chi connectivity index (χ2n) is 7.94. The SMILES string of the molecule is CC(C)C1(Oc2cc(C(=O)O)c3c(c2F)CCCCCC3)CCCC1. The van der Waals surface area contributed by atoms with Gasteiger partial charge in [0.1, 0.15) is 5.60 Å². The number of benzene rings is 1. The Balaban J connectivity index is 2.06. The summed E-state index contributed by atoms with van der Waals surface area (Å²) in [4.78, 5) is 11.8. The van der Waals surface area contributed by atoms with Gasteiger partial charge in [0.2, 0.25) is 0 Å². The summed E-state index contributed by atoms with van der Waals surface area (Å²) in [5.74, 6) is -0.891. The standard InChI is InChI=1S/C21H29FO3/c1-14(2)21(11-7-8-12-21)25-18-13-17(20(23)24)15-9-5-3-4-6-10-16(15)19(18)22/h13-14H,3-12H2,1-2H3,(H,23,24). The molecular weight excluding hydrogens is 319 g/mol. The molecule has 1 N–H and O–H groups in total. The zero-order valence-electron chi connectivity index (χ0n) is 15.4. The lowest BCUT2D eigenvalue weighted by Gasteiger charge is -2.35. The first kappa shape index (κ1) is 18.2. The van der Waals surface area contributed by atoms with Crippen molar-refractivity contribution in [3.05, 3.63) is 28.6 Å². The third kappa shape index (κ3) is 3.54. The summed E-state index contributed by atoms with van der Waals surface area (Å²) in [5.41, 5.74) is 1.12. The third-order valence-electron chi connectivity index (χ3n) is 6.10. The van der Waals surface area contributed by atoms with Crippen molar-refractivity contribution in [1.82, 2.24) is 0 Å². The Bertz CT molecular complexity index is 645. The van der Waals surface area contributed by atoms with Crippen molar-refractivity contribution in [1.29, 1.82) is 0 Å². The smallest absolute Gasteiger partial charge is 0.336 e. The van der Waals surface area contributed by atoms with Crippen molar-refractivity contribution in [2.75, 3.05) is 0 Å². The van der Waals surface area contributed by atoms with Gasteiger partial charge in [0.15, 0.2) is 11.6 Å². The molecule has 2 aliphatic rings. The van der Waals surface area contributed by atoms with E-state index < -0.39 is 5.97 Å². The third-order valence-corrected chi connectivity index (χ3v) is 6.10. The summed E-state index contributed by atoms with van der Waals surface area (Å²) in [7, 11) is 0. The molecule has 1 aromatic carbocycles. The highest BCUT2D eigenvalue weighted by molar-refractivity contribution is 5.90. The van der Waals surface area contributed by atoms with Gasteiger partial charge in [0.05, 0.1) is 5.56 Å². The van der Waals surface area contributed by atoms with Crippen LogP contribution in [0.3, 0.4) is 0 Å². The van der Waals surface area contributed by atoms with E-state index in [4.69, 9.17) is 4.74 Å². The number of halogens is 1. The van der Waals surface area contributed by atoms with Gasteiger partial charge in [-0.25, -0.2) is 9.18 Å². The first-order chi connectivity index (χ1) is 11.9. The number of hydrogen-bond donors (Lipinski definition) is 1. The highest BCUT2D eigenvalue weighted by Crippen LogP contribution is 2.42. The number of aromatic carboxylic acids is 1. The Hall–Kier alpha value is -1.58. The van der Waals surface area contributed by atoms with Gasteiger partial charge < -0.3 is 9.84 Å². The predicted octanol–water partition coefficient (Wildman–Crippen LogP) is 5.53. The maximum Gasteiger partial charge on any atom is 0.336 e. The molecule has 3 nitrogen and oxygen atoms in total. The summed E-state index contributed by atoms with van der Waals surface area (Å²) >= 11 is 0. The molecule has 1 aromatic rings. The number of ether oxygens (including phenoxy) is 1. The molecule has 0 unspecified atom stereocenters. The average Bonchev–Trinajstić information content (AvgIpc) is 3.00. The van der Waals surface area contributed by atoms with Crippen LogP contribution in [-0.4, -0.2) is 16.7 Å². The van der Waals surface area contributed by atoms with Crippen LogP contribution in [0.2, 0.25) is 0 Å². The second-order valence-corrected chi connectivity index (χ2v) is 7.94. The van der Waals surface area contributed by atoms with Crippen LogP contribution in [0.1, 0.15) is 86.7 Å². The summed E-state index contributed by atoms with van der Waals surface area (Å²) in [6.07, 6.45) is 9.19. The van der Waals surface area contributed by atoms with Crippen LogP contribution >= 0.6 is 0 Å². The maximum atomic E-state index is 15.3. The van der Waals surface area contributed by atoms with Crippen LogP contribution in [0.25, 0.3) is 0 Å². The summed E-state index contributed by atoms with van der Waals surface area (Å²) in [5, 5.41) is 9.67. The van der Waals surface area contributed by atoms with Gasteiger partial charge in [-0.2, -0.15) is 0 Å². The second kappa shape index (κ2) is 7.35. The molecular formula is C21H29FO3. The van der Waals surface area contributed by atoms with Crippen molar-refractivity contribution >= 4 is 5.97 Å². The lowest BCUT2D eigenvalue weighted by Crippen LogP contribution is -2.39. The number of hydrogen-bond acceptors (Lipinski definition) is 2. The Morgan fingerprint density at radius 1 is 1.08 bits per heavy atom. The molecule has 0 amide bonds. The van der Waals surface area contributed by atoms with E-state index in [1.54, 1.807) is 0 Å². The Morgan fingerprint density at radius 2 is 1.68 bits per heavy atom. The van der Waals surface area contributed by atoms with Crippen molar-refractivity contribution in [3.8, 4) is 5.75 Å². The molecule has 1 fully saturated rings. The molecule has 0 spiro atoms. The zero-order chi connectivity index (χ0) is 18.0. The van der Waals surface area contributed by atoms with Gasteiger partial charge in [-0.05, 0) is 74.5 Å². The van der Waals surface area contributed by atoms with E-state index >= 15 is 4.39 Å². The summed E-state index contributed by atoms with van der Waals surface area (Å²) in [6.45, 7) is 4.21. The van der Waals surface area contributed by atoms with Crippen molar-refractivity contribution in [3.63, 3.8) is 0 Å². The minimum absolute atomic E-state index is 0.146. The summed E-state index contributed by atoms with van der Waals surface area (Å²) in [6, 6.07) is 1.44. The van der Waals surface area contributed by atoms with Crippen molar-refractivity contribution in [2.24, 2.45) is 5.92 Å². The first-order valence-electron chi connectivity index (χ1n) is 9.71. The van der Waals surface area contributed by atoms with Gasteiger partial charge in [-0.15, -0.1) is 0 Å². The fourth-order valence-electron chi connectivity index (χ4n) is 4.48. The molecule has 2 aliphatic carbocycles. The van der Waals surface area contributed by atoms with Crippen molar-refractivity contribution in [2.45, 2.75) is 83.7 Å². The van der Waals surface area contributed by atoms with E-state index in [-0.39, 0.29) is 28.6 Å². The number of carbonyl (C=O) groups is 1. The summed E-state index contributed by atoms with van der Waals surface area (Å²) < 4.78 is 21.5. The molecule has 138 valence electrons. The molecule has 1 saturated carbocycles. The van der Waals surface area contributed by atoms with Gasteiger partial charge in [-0.1, -0.05) is 26.7 Å². The lowest BCUT2D eigenvalue weighted by atomic mass is 9.87. The largest absolute Gasteiger partial charge is 0.484 e. The van der Waals surface area contributed by atoms with E-state index in [1.807, 2.05) is 0 Å². The van der Waals surface area contributed by atoms with E-state index in [0.29, 0.717) is 24.0 Å². The molecule has 0 bridgehead atoms. The molecule has 4 heteroatoms. The van der Waals surface area contributed by atoms with Crippen LogP contribution < -0.4 is 4.74 Å². The zero-order valence-corrected chi connectivity index (χ0v) is 15.4. The molecule has 0 aliphatic heterocycles. The van der Waals surface area contributed by atoms with Crippen LogP contribution in [-0.2, 0) is 12.8 Å². The van der Waals surface area contributed by atoms with Crippen LogP contribution in [0.15, 0.2) is 6.07 Å². The topological polar surface area (TPSA) is 46.5 Å². The monoisotopic (exact) mass is 348 g/mol. The van der Waals surface area contributed by atoms with Gasteiger partial charge in [0, 0.05) is 0 Å². The minimum Gasteiger partial charge on any atom is -0.484 e. The Kier molecular flexibility index (Phi) is 5.35. The van der Waals surface area contributed by atoms with E-state index in [9.17, 15) is 9.90 Å². The fraction of sp³-hybridized carbons (Fsp3) is 0.667. The average molecular weight is 348 g/mol. The van der Waals surface area contributed by atoms with E-state index in [0.717, 1.165) is 51.4 Å². The quantitative estimate of drug-likeness (QED) is 0.778. The lowest BCUT2D eigenvalue weighted by molar-refractivity contribution is 0.0247. The van der Waals surface area contributed by atoms with Crippen molar-refractivity contribution < 1.29 is 19.0 Å². The molecule has 25 heavy (non-hydrogen) atoms. The first-order valence-corrected chi connectivity index (χ1v) is 9.71. The molecule has 0 atom stereocenters. The Morgan fingerprint density at radius 3 is 2.24 bits per heavy atom. The number of rotatable bonds is 4. The van der Waals surface area contributed by atoms with Gasteiger partial charge in [0.25, 0.3) is 0 Å². The van der Waals surface area contributed by atoms with Gasteiger partial charge in [-0.3, -0.25) is 0 Å². The molecule has 0 heterocycles. The minimum atomic E-state index is -0.980. The number of fused-ring (bicyclic) bond motifs is 1. The number of carboxylic acids is 1. The van der Waals surface area contributed by atoms with Crippen LogP contribution in [0, 0.1) is 11.7 Å². The molecule has 0 aromatic heterocycles. The van der Waals surface area contributed by atoms with E-state index in [1.165, 1.54) is 6.07 Å². The highest BCUT2D eigenvalue weighted by atomic mass is 19.1. The highest BCUT2D eigenvalue weighted by Gasteiger charge is 2.40. The molecule has 0 saturated heterocycles. The Labute approximate surface area is 149 Å². The fourth-order valence-corrected chi connectivity index (χ4v) is 4.48. The molecule has 0 radical (unpaired) electrons. The normalized spacial score (nSPS) is 20.0. The van der Waals surface area contributed by atoms with Crippen LogP contribution in [0.5, 0.6) is 5.75 Å². The number of carboxylic acid groups (broad SMARTS) is 1. The van der Waals surface area contributed by atoms with E-state index in [2.05, 4.69) is 13.8 Å². The van der Waals surface area contributed by atoms with Gasteiger partial charge >= 0.3 is 5.97 Å². The van der Waals surface area contributed by atoms with Crippen LogP contribution in [0.4, 0.5) is 4.39 Å². The maximum absolute atomic E-state index is 15.3. The predicted molar refractivity (Wildman–Crippen MR) is 95.9 cm³/mol.